The summed E-state index contributed by atoms with van der Waals surface area (Å²) >= 11 is -1.79. The second-order valence-electron chi connectivity index (χ2n) is 12.8. The Kier molecular flexibility index (Phi) is 11.1. The molecular weight excluding hydrogens is 691 g/mol. The minimum absolute atomic E-state index is 0.0244. The molecule has 2 saturated heterocycles. The summed E-state index contributed by atoms with van der Waals surface area (Å²) in [6.45, 7) is 4.40. The van der Waals surface area contributed by atoms with E-state index in [0.29, 0.717) is 56.4 Å². The standard InChI is InChI=1S/C34H48IN2O8/c1-6-7-13-37(25-10-8-9-23(16-25)19-35(2,3)4)30(38)21-36-20-26(24-17-28(41-5)33-29(18-24)44-22-45-33)32(34(39)40)27(36)11-12-31-42-14-15-43-31/h8-10,16-18,26-27,31-32H,6-7,11-15,19-22H2,1-5H3,(H,39,40)/q-1/t26-,27+,32-/m1/s1. The predicted molar refractivity (Wildman–Crippen MR) is 168 cm³/mol. The van der Waals surface area contributed by atoms with Crippen molar-refractivity contribution in [3.63, 3.8) is 0 Å². The number of halogens is 1. The number of anilines is 1. The normalized spacial score (nSPS) is 22.1. The van der Waals surface area contributed by atoms with Gasteiger partial charge >= 0.3 is 204 Å². The van der Waals surface area contributed by atoms with Crippen LogP contribution in [0.5, 0.6) is 17.2 Å². The van der Waals surface area contributed by atoms with Gasteiger partial charge in [-0.2, -0.15) is 0 Å². The van der Waals surface area contributed by atoms with Crippen molar-refractivity contribution < 1.29 is 56.8 Å². The number of fused-ring (bicyclic) bond motifs is 1. The summed E-state index contributed by atoms with van der Waals surface area (Å²) in [5, 5.41) is 10.6. The molecule has 0 aromatic heterocycles. The number of likely N-dealkylation sites (tertiary alicyclic amines) is 1. The summed E-state index contributed by atoms with van der Waals surface area (Å²) < 4.78 is 29.3. The maximum atomic E-state index is 14.2. The average Bonchev–Trinajstić information content (AvgIpc) is 3.75. The molecular formula is C34H48IN2O8-. The van der Waals surface area contributed by atoms with Gasteiger partial charge in [-0.25, -0.2) is 0 Å². The molecule has 11 heteroatoms. The Balaban J connectivity index is 1.44. The molecule has 0 unspecified atom stereocenters. The molecule has 0 aliphatic carbocycles. The van der Waals surface area contributed by atoms with E-state index in [0.717, 1.165) is 28.5 Å². The molecule has 45 heavy (non-hydrogen) atoms. The monoisotopic (exact) mass is 739 g/mol. The number of carbonyl (C=O) groups is 2. The summed E-state index contributed by atoms with van der Waals surface area (Å²) in [6, 6.07) is 11.7. The van der Waals surface area contributed by atoms with Crippen LogP contribution in [0.4, 0.5) is 5.69 Å². The number of carboxylic acid groups (broad SMARTS) is 1. The van der Waals surface area contributed by atoms with Gasteiger partial charge in [-0.1, -0.05) is 0 Å². The van der Waals surface area contributed by atoms with Crippen LogP contribution in [-0.4, -0.2) is 95.8 Å². The number of nitrogens with zero attached hydrogens (tertiary/aromatic N) is 2. The molecule has 0 radical (unpaired) electrons. The van der Waals surface area contributed by atoms with Crippen molar-refractivity contribution in [3.8, 4) is 17.2 Å². The molecule has 1 amide bonds. The molecule has 1 N–H and O–H groups in total. The number of alkyl halides is 4. The fourth-order valence-corrected chi connectivity index (χ4v) is 9.80. The summed E-state index contributed by atoms with van der Waals surface area (Å²) in [4.78, 5) is 38.3. The zero-order valence-corrected chi connectivity index (χ0v) is 29.3. The van der Waals surface area contributed by atoms with Gasteiger partial charge in [0.2, 0.25) is 12.5 Å². The van der Waals surface area contributed by atoms with E-state index in [-0.39, 0.29) is 31.5 Å². The van der Waals surface area contributed by atoms with Crippen LogP contribution in [0.1, 0.15) is 49.7 Å². The summed E-state index contributed by atoms with van der Waals surface area (Å²) in [6.07, 6.45) is 2.55. The van der Waals surface area contributed by atoms with Gasteiger partial charge in [-0.15, -0.1) is 0 Å². The number of rotatable bonds is 14. The Morgan fingerprint density at radius 3 is 2.56 bits per heavy atom. The number of ether oxygens (including phenoxy) is 5. The van der Waals surface area contributed by atoms with Crippen LogP contribution in [0.25, 0.3) is 0 Å². The third kappa shape index (κ3) is 8.22. The third-order valence-corrected chi connectivity index (χ3v) is 11.9. The summed E-state index contributed by atoms with van der Waals surface area (Å²) in [7, 11) is 1.56. The van der Waals surface area contributed by atoms with E-state index in [9.17, 15) is 14.7 Å². The van der Waals surface area contributed by atoms with Crippen molar-refractivity contribution in [2.75, 3.05) is 66.4 Å². The first-order chi connectivity index (χ1) is 21.6. The van der Waals surface area contributed by atoms with Crippen LogP contribution in [0.2, 0.25) is 0 Å². The quantitative estimate of drug-likeness (QED) is 0.228. The molecule has 3 aliphatic heterocycles. The molecule has 3 aliphatic rings. The second kappa shape index (κ2) is 14.9. The van der Waals surface area contributed by atoms with Crippen molar-refractivity contribution in [3.05, 3.63) is 47.5 Å². The first kappa shape index (κ1) is 33.7. The van der Waals surface area contributed by atoms with E-state index in [1.54, 1.807) is 7.11 Å². The third-order valence-electron chi connectivity index (χ3n) is 8.68. The van der Waals surface area contributed by atoms with E-state index >= 15 is 0 Å². The number of carboxylic acids is 1. The summed E-state index contributed by atoms with van der Waals surface area (Å²) in [5.74, 6) is -0.495. The van der Waals surface area contributed by atoms with E-state index in [4.69, 9.17) is 23.7 Å². The SMILES string of the molecule is CCCCN(C(=O)CN1C[C@H](c2cc(OC)c3c(c2)OCO3)[C@@H](C(=O)O)[C@@H]1CCC1OCCO1)c1cccc(C[I-](C)(C)C)c1. The van der Waals surface area contributed by atoms with Gasteiger partial charge in [-0.05, 0) is 0 Å². The zero-order valence-electron chi connectivity index (χ0n) is 27.1. The fraction of sp³-hybridized carbons (Fsp3) is 0.588. The topological polar surface area (TPSA) is 107 Å². The molecule has 250 valence electrons. The number of hydrogen-bond donors (Lipinski definition) is 1. The molecule has 0 spiro atoms. The maximum absolute atomic E-state index is 14.2. The van der Waals surface area contributed by atoms with Gasteiger partial charge in [0.15, 0.2) is 11.5 Å². The Hall–Kier alpha value is -2.61. The number of unbranched alkanes of at least 4 members (excludes halogenated alkanes) is 1. The number of methoxy groups -OCH3 is 1. The molecule has 5 rings (SSSR count). The first-order valence-electron chi connectivity index (χ1n) is 15.7. The van der Waals surface area contributed by atoms with Crippen LogP contribution in [0, 0.1) is 5.92 Å². The Labute approximate surface area is 270 Å². The first-order valence-corrected chi connectivity index (χ1v) is 23.7. The predicted octanol–water partition coefficient (Wildman–Crippen LogP) is 1.43. The molecule has 10 nitrogen and oxygen atoms in total. The molecule has 3 atom stereocenters. The van der Waals surface area contributed by atoms with Gasteiger partial charge in [0.05, 0.1) is 20.3 Å². The van der Waals surface area contributed by atoms with Crippen LogP contribution in [-0.2, 0) is 23.5 Å². The van der Waals surface area contributed by atoms with Gasteiger partial charge in [0.1, 0.15) is 0 Å². The number of carbonyl (C=O) groups excluding carboxylic acids is 1. The number of aliphatic carboxylic acids is 1. The van der Waals surface area contributed by atoms with Crippen molar-refractivity contribution >= 4 is 17.6 Å². The zero-order chi connectivity index (χ0) is 32.1. The molecule has 2 aromatic rings. The molecule has 3 heterocycles. The Morgan fingerprint density at radius 2 is 1.87 bits per heavy atom. The van der Waals surface area contributed by atoms with Gasteiger partial charge in [-0.3, -0.25) is 0 Å². The van der Waals surface area contributed by atoms with Crippen LogP contribution in [0.15, 0.2) is 36.4 Å². The minimum atomic E-state index is -1.79. The van der Waals surface area contributed by atoms with Crippen LogP contribution in [0.3, 0.4) is 0 Å². The Morgan fingerprint density at radius 1 is 1.09 bits per heavy atom. The Bertz CT molecular complexity index is 1340. The van der Waals surface area contributed by atoms with Gasteiger partial charge in [0, 0.05) is 0 Å². The van der Waals surface area contributed by atoms with Gasteiger partial charge in [0.25, 0.3) is 0 Å². The molecule has 2 fully saturated rings. The van der Waals surface area contributed by atoms with Crippen LogP contribution >= 0.6 is 0 Å². The van der Waals surface area contributed by atoms with E-state index < -0.39 is 36.4 Å². The van der Waals surface area contributed by atoms with Gasteiger partial charge < -0.3 is 23.7 Å². The van der Waals surface area contributed by atoms with Crippen molar-refractivity contribution in [1.29, 1.82) is 0 Å². The fourth-order valence-electron chi connectivity index (χ4n) is 6.68. The van der Waals surface area contributed by atoms with Crippen molar-refractivity contribution in [1.82, 2.24) is 4.90 Å². The average molecular weight is 740 g/mol. The van der Waals surface area contributed by atoms with E-state index in [1.165, 1.54) is 5.56 Å². The van der Waals surface area contributed by atoms with Crippen molar-refractivity contribution in [2.24, 2.45) is 5.92 Å². The van der Waals surface area contributed by atoms with E-state index in [2.05, 4.69) is 38.7 Å². The van der Waals surface area contributed by atoms with E-state index in [1.807, 2.05) is 29.2 Å². The van der Waals surface area contributed by atoms with Crippen LogP contribution < -0.4 is 37.5 Å². The van der Waals surface area contributed by atoms with Crippen molar-refractivity contribution in [2.45, 2.75) is 55.3 Å². The summed E-state index contributed by atoms with van der Waals surface area (Å²) in [5.41, 5.74) is 2.97. The second-order valence-corrected chi connectivity index (χ2v) is 24.6. The number of benzene rings is 2. The molecule has 2 aromatic carbocycles. The molecule has 0 saturated carbocycles. The number of amides is 1. The number of hydrogen-bond acceptors (Lipinski definition) is 8. The molecule has 0 bridgehead atoms.